The van der Waals surface area contributed by atoms with Gasteiger partial charge >= 0.3 is 0 Å². The number of anilines is 1. The third-order valence-corrected chi connectivity index (χ3v) is 6.03. The summed E-state index contributed by atoms with van der Waals surface area (Å²) in [5.41, 5.74) is 1.05. The van der Waals surface area contributed by atoms with E-state index >= 15 is 0 Å². The highest BCUT2D eigenvalue weighted by molar-refractivity contribution is 6.38. The Bertz CT molecular complexity index is 1130. The van der Waals surface area contributed by atoms with Gasteiger partial charge in [0.1, 0.15) is 5.75 Å². The molecular formula is C23H19Cl2NO4. The molecule has 0 N–H and O–H groups in total. The molecule has 0 radical (unpaired) electrons. The van der Waals surface area contributed by atoms with Crippen LogP contribution in [0, 0.1) is 0 Å². The molecule has 30 heavy (non-hydrogen) atoms. The van der Waals surface area contributed by atoms with Gasteiger partial charge in [-0.25, -0.2) is 0 Å². The average Bonchev–Trinajstić information content (AvgIpc) is 3.34. The second-order valence-electron chi connectivity index (χ2n) is 7.23. The zero-order valence-corrected chi connectivity index (χ0v) is 17.6. The van der Waals surface area contributed by atoms with Crippen LogP contribution in [0.1, 0.15) is 12.0 Å². The van der Waals surface area contributed by atoms with E-state index in [1.165, 1.54) is 0 Å². The van der Waals surface area contributed by atoms with E-state index in [2.05, 4.69) is 12.1 Å². The molecule has 1 fully saturated rings. The van der Waals surface area contributed by atoms with Gasteiger partial charge in [-0.3, -0.25) is 4.79 Å². The fourth-order valence-electron chi connectivity index (χ4n) is 4.07. The summed E-state index contributed by atoms with van der Waals surface area (Å²) < 4.78 is 17.4. The van der Waals surface area contributed by atoms with Crippen molar-refractivity contribution in [3.8, 4) is 5.75 Å². The fourth-order valence-corrected chi connectivity index (χ4v) is 4.60. The van der Waals surface area contributed by atoms with Gasteiger partial charge in [0.15, 0.2) is 0 Å². The van der Waals surface area contributed by atoms with E-state index < -0.39 is 5.79 Å². The van der Waals surface area contributed by atoms with Gasteiger partial charge in [0.05, 0.1) is 41.1 Å². The standard InChI is InChI=1S/C23H19Cl2NO4/c24-18-8-9-19(25)21-20(18)23(29-12-13-30-23)22(27)26(21)10-3-11-28-17-7-6-15-4-1-2-5-16(15)14-17/h1-2,4-9,14H,3,10-13H2. The monoisotopic (exact) mass is 443 g/mol. The Morgan fingerprint density at radius 2 is 1.70 bits per heavy atom. The lowest BCUT2D eigenvalue weighted by atomic mass is 10.1. The van der Waals surface area contributed by atoms with Gasteiger partial charge in [-0.2, -0.15) is 0 Å². The lowest BCUT2D eigenvalue weighted by Gasteiger charge is -2.22. The van der Waals surface area contributed by atoms with Crippen LogP contribution in [0.5, 0.6) is 5.75 Å². The summed E-state index contributed by atoms with van der Waals surface area (Å²) in [6, 6.07) is 17.5. The molecule has 154 valence electrons. The highest BCUT2D eigenvalue weighted by atomic mass is 35.5. The van der Waals surface area contributed by atoms with E-state index in [1.807, 2.05) is 30.3 Å². The summed E-state index contributed by atoms with van der Waals surface area (Å²) in [5, 5.41) is 3.13. The highest BCUT2D eigenvalue weighted by Crippen LogP contribution is 2.51. The van der Waals surface area contributed by atoms with Gasteiger partial charge < -0.3 is 19.1 Å². The summed E-state index contributed by atoms with van der Waals surface area (Å²) in [6.07, 6.45) is 0.608. The molecule has 0 unspecified atom stereocenters. The smallest absolute Gasteiger partial charge is 0.292 e. The van der Waals surface area contributed by atoms with Gasteiger partial charge in [-0.05, 0) is 41.5 Å². The van der Waals surface area contributed by atoms with Crippen molar-refractivity contribution < 1.29 is 19.0 Å². The second-order valence-corrected chi connectivity index (χ2v) is 8.05. The minimum absolute atomic E-state index is 0.296. The number of fused-ring (bicyclic) bond motifs is 3. The molecule has 3 aromatic carbocycles. The van der Waals surface area contributed by atoms with Crippen LogP contribution in [0.25, 0.3) is 10.8 Å². The van der Waals surface area contributed by atoms with E-state index in [9.17, 15) is 4.79 Å². The van der Waals surface area contributed by atoms with Crippen molar-refractivity contribution in [3.63, 3.8) is 0 Å². The molecule has 1 spiro atoms. The van der Waals surface area contributed by atoms with Crippen molar-refractivity contribution in [3.05, 3.63) is 70.2 Å². The molecule has 5 rings (SSSR count). The summed E-state index contributed by atoms with van der Waals surface area (Å²) in [4.78, 5) is 14.8. The van der Waals surface area contributed by atoms with Crippen molar-refractivity contribution in [2.45, 2.75) is 12.2 Å². The number of rotatable bonds is 5. The number of hydrogen-bond acceptors (Lipinski definition) is 4. The van der Waals surface area contributed by atoms with Gasteiger partial charge in [-0.1, -0.05) is 53.5 Å². The first-order valence-electron chi connectivity index (χ1n) is 9.80. The predicted molar refractivity (Wildman–Crippen MR) is 116 cm³/mol. The Morgan fingerprint density at radius 1 is 0.967 bits per heavy atom. The Morgan fingerprint density at radius 3 is 2.50 bits per heavy atom. The third kappa shape index (κ3) is 3.13. The lowest BCUT2D eigenvalue weighted by molar-refractivity contribution is -0.180. The van der Waals surface area contributed by atoms with Crippen LogP contribution in [0.3, 0.4) is 0 Å². The molecule has 5 nitrogen and oxygen atoms in total. The number of hydrogen-bond donors (Lipinski definition) is 0. The van der Waals surface area contributed by atoms with Crippen LogP contribution in [-0.4, -0.2) is 32.3 Å². The topological polar surface area (TPSA) is 48.0 Å². The van der Waals surface area contributed by atoms with E-state index in [4.69, 9.17) is 37.4 Å². The van der Waals surface area contributed by atoms with Crippen LogP contribution in [-0.2, 0) is 20.1 Å². The molecule has 0 aromatic heterocycles. The van der Waals surface area contributed by atoms with E-state index in [0.717, 1.165) is 16.5 Å². The number of carbonyl (C=O) groups excluding carboxylic acids is 1. The predicted octanol–water partition coefficient (Wildman–Crippen LogP) is 5.16. The SMILES string of the molecule is O=C1N(CCCOc2ccc3ccccc3c2)c2c(Cl)ccc(Cl)c2C12OCCO2. The largest absolute Gasteiger partial charge is 0.494 e. The highest BCUT2D eigenvalue weighted by Gasteiger charge is 2.57. The Labute approximate surface area is 184 Å². The molecule has 2 aliphatic heterocycles. The average molecular weight is 444 g/mol. The van der Waals surface area contributed by atoms with E-state index in [1.54, 1.807) is 17.0 Å². The fraction of sp³-hybridized carbons (Fsp3) is 0.261. The number of halogens is 2. The normalized spacial score (nSPS) is 17.1. The summed E-state index contributed by atoms with van der Waals surface area (Å²) >= 11 is 12.8. The lowest BCUT2D eigenvalue weighted by Crippen LogP contribution is -2.42. The van der Waals surface area contributed by atoms with Crippen molar-refractivity contribution in [2.24, 2.45) is 0 Å². The maximum atomic E-state index is 13.2. The molecule has 0 saturated carbocycles. The first-order valence-corrected chi connectivity index (χ1v) is 10.6. The summed E-state index contributed by atoms with van der Waals surface area (Å²) in [5.74, 6) is -0.992. The van der Waals surface area contributed by atoms with Crippen LogP contribution in [0.15, 0.2) is 54.6 Å². The maximum absolute atomic E-state index is 13.2. The molecule has 2 aliphatic rings. The number of benzene rings is 3. The number of nitrogens with zero attached hydrogens (tertiary/aromatic N) is 1. The molecular weight excluding hydrogens is 425 g/mol. The molecule has 3 aromatic rings. The molecule has 2 heterocycles. The molecule has 0 atom stereocenters. The zero-order valence-electron chi connectivity index (χ0n) is 16.1. The first-order chi connectivity index (χ1) is 14.6. The van der Waals surface area contributed by atoms with Gasteiger partial charge in [0, 0.05) is 6.54 Å². The van der Waals surface area contributed by atoms with Crippen LogP contribution in [0.2, 0.25) is 10.0 Å². The van der Waals surface area contributed by atoms with Crippen molar-refractivity contribution in [1.82, 2.24) is 0 Å². The molecule has 0 bridgehead atoms. The molecule has 0 aliphatic carbocycles. The Hall–Kier alpha value is -2.31. The van der Waals surface area contributed by atoms with Crippen molar-refractivity contribution in [1.29, 1.82) is 0 Å². The van der Waals surface area contributed by atoms with Crippen LogP contribution < -0.4 is 9.64 Å². The third-order valence-electron chi connectivity index (χ3n) is 5.41. The Balaban J connectivity index is 1.31. The molecule has 1 saturated heterocycles. The summed E-state index contributed by atoms with van der Waals surface area (Å²) in [6.45, 7) is 1.51. The molecule has 7 heteroatoms. The van der Waals surface area contributed by atoms with E-state index in [0.29, 0.717) is 54.1 Å². The second kappa shape index (κ2) is 7.75. The van der Waals surface area contributed by atoms with Crippen LogP contribution >= 0.6 is 23.2 Å². The van der Waals surface area contributed by atoms with Gasteiger partial charge in [0.25, 0.3) is 11.7 Å². The summed E-state index contributed by atoms with van der Waals surface area (Å²) in [7, 11) is 0. The number of amides is 1. The first kappa shape index (κ1) is 19.6. The maximum Gasteiger partial charge on any atom is 0.292 e. The Kier molecular flexibility index (Phi) is 5.07. The van der Waals surface area contributed by atoms with Crippen LogP contribution in [0.4, 0.5) is 5.69 Å². The van der Waals surface area contributed by atoms with E-state index in [-0.39, 0.29) is 5.91 Å². The zero-order chi connectivity index (χ0) is 20.7. The molecule has 1 amide bonds. The number of carbonyl (C=O) groups is 1. The van der Waals surface area contributed by atoms with Crippen molar-refractivity contribution >= 4 is 45.6 Å². The minimum atomic E-state index is -1.49. The number of ether oxygens (including phenoxy) is 3. The van der Waals surface area contributed by atoms with Gasteiger partial charge in [-0.15, -0.1) is 0 Å². The van der Waals surface area contributed by atoms with Crippen molar-refractivity contribution in [2.75, 3.05) is 31.3 Å². The van der Waals surface area contributed by atoms with Gasteiger partial charge in [0.2, 0.25) is 0 Å². The quantitative estimate of drug-likeness (QED) is 0.510. The minimum Gasteiger partial charge on any atom is -0.494 e.